The predicted molar refractivity (Wildman–Crippen MR) is 127 cm³/mol. The van der Waals surface area contributed by atoms with Gasteiger partial charge in [-0.3, -0.25) is 9.69 Å². The van der Waals surface area contributed by atoms with Gasteiger partial charge in [-0.2, -0.15) is 0 Å². The summed E-state index contributed by atoms with van der Waals surface area (Å²) in [6, 6.07) is 15.4. The fourth-order valence-electron chi connectivity index (χ4n) is 2.95. The van der Waals surface area contributed by atoms with Crippen molar-refractivity contribution in [2.75, 3.05) is 14.2 Å². The van der Waals surface area contributed by atoms with E-state index in [1.54, 1.807) is 61.7 Å². The van der Waals surface area contributed by atoms with Gasteiger partial charge in [0.1, 0.15) is 11.5 Å². The van der Waals surface area contributed by atoms with Crippen molar-refractivity contribution < 1.29 is 18.7 Å². The molecule has 2 aromatic carbocycles. The fourth-order valence-corrected chi connectivity index (χ4v) is 4.31. The molecule has 0 atom stereocenters. The molecule has 1 aliphatic heterocycles. The Balaban J connectivity index is 1.56. The molecule has 4 rings (SSSR count). The molecule has 0 spiro atoms. The van der Waals surface area contributed by atoms with E-state index < -0.39 is 5.97 Å². The molecule has 162 valence electrons. The highest BCUT2D eigenvalue weighted by Gasteiger charge is 2.30. The predicted octanol–water partition coefficient (Wildman–Crippen LogP) is 6.27. The van der Waals surface area contributed by atoms with E-state index in [0.29, 0.717) is 48.5 Å². The molecule has 1 aromatic heterocycles. The van der Waals surface area contributed by atoms with Crippen molar-refractivity contribution in [2.24, 2.45) is 4.99 Å². The third kappa shape index (κ3) is 4.46. The molecule has 3 aromatic rings. The van der Waals surface area contributed by atoms with Crippen molar-refractivity contribution in [3.8, 4) is 11.3 Å². The number of amidine groups is 1. The van der Waals surface area contributed by atoms with E-state index in [1.165, 1.54) is 23.8 Å². The first kappa shape index (κ1) is 22.2. The van der Waals surface area contributed by atoms with Gasteiger partial charge < -0.3 is 9.15 Å². The van der Waals surface area contributed by atoms with Gasteiger partial charge in [-0.05, 0) is 60.3 Å². The van der Waals surface area contributed by atoms with Crippen LogP contribution in [-0.4, -0.2) is 36.1 Å². The van der Waals surface area contributed by atoms with Gasteiger partial charge in [-0.15, -0.1) is 0 Å². The third-order valence-electron chi connectivity index (χ3n) is 4.63. The topological polar surface area (TPSA) is 72.1 Å². The van der Waals surface area contributed by atoms with Crippen molar-refractivity contribution >= 4 is 63.8 Å². The van der Waals surface area contributed by atoms with Crippen LogP contribution in [0.15, 0.2) is 68.9 Å². The summed E-state index contributed by atoms with van der Waals surface area (Å²) in [6.45, 7) is 0. The lowest BCUT2D eigenvalue weighted by molar-refractivity contribution is -0.121. The number of nitrogens with zero attached hydrogens (tertiary/aromatic N) is 2. The number of halogens is 2. The van der Waals surface area contributed by atoms with Crippen molar-refractivity contribution in [3.63, 3.8) is 0 Å². The summed E-state index contributed by atoms with van der Waals surface area (Å²) in [6.07, 6.45) is 1.66. The van der Waals surface area contributed by atoms with Crippen LogP contribution in [0, 0.1) is 0 Å². The number of carbonyl (C=O) groups is 2. The van der Waals surface area contributed by atoms with Crippen LogP contribution < -0.4 is 0 Å². The van der Waals surface area contributed by atoms with E-state index in [0.717, 1.165) is 0 Å². The van der Waals surface area contributed by atoms with E-state index in [1.807, 2.05) is 6.07 Å². The van der Waals surface area contributed by atoms with Crippen molar-refractivity contribution in [1.82, 2.24) is 4.90 Å². The number of methoxy groups -OCH3 is 1. The first-order valence-corrected chi connectivity index (χ1v) is 10.9. The van der Waals surface area contributed by atoms with Crippen LogP contribution >= 0.6 is 35.0 Å². The molecule has 1 amide bonds. The van der Waals surface area contributed by atoms with Gasteiger partial charge in [0.2, 0.25) is 0 Å². The average Bonchev–Trinajstić information content (AvgIpc) is 3.36. The Hall–Kier alpha value is -3.00. The summed E-state index contributed by atoms with van der Waals surface area (Å²) in [5.74, 6) is 0.434. The minimum atomic E-state index is -0.422. The average molecular weight is 487 g/mol. The van der Waals surface area contributed by atoms with Gasteiger partial charge in [-0.25, -0.2) is 9.79 Å². The number of esters is 1. The Labute approximate surface area is 198 Å². The zero-order chi connectivity index (χ0) is 22.8. The van der Waals surface area contributed by atoms with Crippen LogP contribution in [0.25, 0.3) is 17.4 Å². The molecule has 32 heavy (non-hydrogen) atoms. The van der Waals surface area contributed by atoms with Crippen LogP contribution in [0.3, 0.4) is 0 Å². The molecule has 0 saturated carbocycles. The Bertz CT molecular complexity index is 1270. The van der Waals surface area contributed by atoms with Gasteiger partial charge in [0, 0.05) is 18.7 Å². The number of aliphatic imine (C=N–C) groups is 1. The lowest BCUT2D eigenvalue weighted by atomic mass is 10.2. The molecule has 0 N–H and O–H groups in total. The first-order valence-electron chi connectivity index (χ1n) is 9.36. The van der Waals surface area contributed by atoms with Crippen LogP contribution in [0.5, 0.6) is 0 Å². The Kier molecular flexibility index (Phi) is 6.41. The summed E-state index contributed by atoms with van der Waals surface area (Å²) in [5.41, 5.74) is 1.70. The number of ether oxygens (including phenoxy) is 1. The molecule has 0 bridgehead atoms. The lowest BCUT2D eigenvalue weighted by Crippen LogP contribution is -2.23. The summed E-state index contributed by atoms with van der Waals surface area (Å²) in [4.78, 5) is 30.7. The van der Waals surface area contributed by atoms with Gasteiger partial charge in [0.25, 0.3) is 5.91 Å². The SMILES string of the molecule is COC(=O)c1ccc(N=C2S/C(=C\c3ccc(-c4cccc(Cl)c4Cl)o3)C(=O)N2C)cc1. The molecule has 1 saturated heterocycles. The summed E-state index contributed by atoms with van der Waals surface area (Å²) >= 11 is 13.6. The number of amides is 1. The number of carbonyl (C=O) groups excluding carboxylic acids is 2. The molecule has 0 aliphatic carbocycles. The Morgan fingerprint density at radius 1 is 1.12 bits per heavy atom. The highest BCUT2D eigenvalue weighted by atomic mass is 35.5. The van der Waals surface area contributed by atoms with Crippen LogP contribution in [0.4, 0.5) is 5.69 Å². The smallest absolute Gasteiger partial charge is 0.337 e. The maximum Gasteiger partial charge on any atom is 0.337 e. The Morgan fingerprint density at radius 2 is 1.88 bits per heavy atom. The molecule has 0 radical (unpaired) electrons. The second-order valence-corrected chi connectivity index (χ2v) is 8.51. The van der Waals surface area contributed by atoms with E-state index in [9.17, 15) is 9.59 Å². The third-order valence-corrected chi connectivity index (χ3v) is 6.51. The Morgan fingerprint density at radius 3 is 2.59 bits per heavy atom. The van der Waals surface area contributed by atoms with Gasteiger partial charge in [0.05, 0.1) is 33.3 Å². The second kappa shape index (κ2) is 9.24. The van der Waals surface area contributed by atoms with E-state index in [-0.39, 0.29) is 5.91 Å². The van der Waals surface area contributed by atoms with E-state index in [4.69, 9.17) is 32.4 Å². The second-order valence-electron chi connectivity index (χ2n) is 6.71. The van der Waals surface area contributed by atoms with Crippen molar-refractivity contribution in [1.29, 1.82) is 0 Å². The number of benzene rings is 2. The highest BCUT2D eigenvalue weighted by molar-refractivity contribution is 8.18. The van der Waals surface area contributed by atoms with Crippen molar-refractivity contribution in [2.45, 2.75) is 0 Å². The molecule has 1 fully saturated rings. The minimum absolute atomic E-state index is 0.196. The monoisotopic (exact) mass is 486 g/mol. The maximum absolute atomic E-state index is 12.7. The minimum Gasteiger partial charge on any atom is -0.465 e. The quantitative estimate of drug-likeness (QED) is 0.320. The van der Waals surface area contributed by atoms with Crippen LogP contribution in [-0.2, 0) is 9.53 Å². The van der Waals surface area contributed by atoms with Crippen LogP contribution in [0.1, 0.15) is 16.1 Å². The maximum atomic E-state index is 12.7. The molecule has 6 nitrogen and oxygen atoms in total. The zero-order valence-corrected chi connectivity index (χ0v) is 19.3. The summed E-state index contributed by atoms with van der Waals surface area (Å²) in [5, 5.41) is 1.35. The number of rotatable bonds is 4. The fraction of sp³-hybridized carbons (Fsp3) is 0.0870. The molecule has 2 heterocycles. The van der Waals surface area contributed by atoms with Gasteiger partial charge in [0.15, 0.2) is 5.17 Å². The standard InChI is InChI=1S/C23H16Cl2N2O4S/c1-27-21(28)19(32-23(27)26-14-8-6-13(7-9-14)22(29)30-2)12-15-10-11-18(31-15)16-4-3-5-17(24)20(16)25/h3-12H,1-2H3/b19-12-,26-23?. The van der Waals surface area contributed by atoms with E-state index >= 15 is 0 Å². The molecule has 0 unspecified atom stereocenters. The van der Waals surface area contributed by atoms with Crippen LogP contribution in [0.2, 0.25) is 10.0 Å². The molecular formula is C23H16Cl2N2O4S. The molecular weight excluding hydrogens is 471 g/mol. The highest BCUT2D eigenvalue weighted by Crippen LogP contribution is 2.37. The zero-order valence-electron chi connectivity index (χ0n) is 17.0. The number of thioether (sulfide) groups is 1. The number of likely N-dealkylation sites (N-methyl/N-ethyl adjacent to an activating group) is 1. The number of hydrogen-bond acceptors (Lipinski definition) is 6. The molecule has 1 aliphatic rings. The first-order chi connectivity index (χ1) is 15.4. The van der Waals surface area contributed by atoms with Crippen molar-refractivity contribution in [3.05, 3.63) is 80.9 Å². The van der Waals surface area contributed by atoms with Gasteiger partial charge in [-0.1, -0.05) is 29.3 Å². The number of furan rings is 1. The lowest BCUT2D eigenvalue weighted by Gasteiger charge is -2.07. The normalized spacial score (nSPS) is 16.2. The number of hydrogen-bond donors (Lipinski definition) is 0. The summed E-state index contributed by atoms with van der Waals surface area (Å²) in [7, 11) is 2.97. The van der Waals surface area contributed by atoms with Gasteiger partial charge >= 0.3 is 5.97 Å². The van der Waals surface area contributed by atoms with E-state index in [2.05, 4.69) is 4.99 Å². The summed E-state index contributed by atoms with van der Waals surface area (Å²) < 4.78 is 10.6. The largest absolute Gasteiger partial charge is 0.465 e. The molecule has 9 heteroatoms.